The van der Waals surface area contributed by atoms with Crippen molar-refractivity contribution < 1.29 is 27.6 Å². The zero-order valence-electron chi connectivity index (χ0n) is 9.81. The van der Waals surface area contributed by atoms with Crippen LogP contribution in [0.25, 0.3) is 11.4 Å². The molecule has 9 heteroatoms. The number of carbonyl (C=O) groups is 1. The van der Waals surface area contributed by atoms with Crippen LogP contribution in [0.4, 0.5) is 18.0 Å². The molecule has 0 aliphatic heterocycles. The normalized spacial score (nSPS) is 11.3. The van der Waals surface area contributed by atoms with Crippen molar-refractivity contribution in [1.29, 1.82) is 0 Å². The van der Waals surface area contributed by atoms with Gasteiger partial charge in [0.25, 0.3) is 0 Å². The molecule has 1 aromatic carbocycles. The van der Waals surface area contributed by atoms with Crippen molar-refractivity contribution >= 4 is 6.09 Å². The lowest BCUT2D eigenvalue weighted by atomic mass is 10.1. The second-order valence-electron chi connectivity index (χ2n) is 3.78. The standard InChI is InChI=1S/C11H8F3N3O3/c12-11(13,14)9-16-8(17-20-9)7-3-1-6(2-4-7)5-15-10(18)19/h1-4,15H,5H2,(H,18,19). The molecule has 0 fully saturated rings. The number of benzene rings is 1. The molecular formula is C11H8F3N3O3. The molecule has 0 saturated carbocycles. The highest BCUT2D eigenvalue weighted by Crippen LogP contribution is 2.29. The summed E-state index contributed by atoms with van der Waals surface area (Å²) >= 11 is 0. The van der Waals surface area contributed by atoms with Gasteiger partial charge in [-0.2, -0.15) is 18.2 Å². The quantitative estimate of drug-likeness (QED) is 0.905. The van der Waals surface area contributed by atoms with Gasteiger partial charge in [-0.25, -0.2) is 4.79 Å². The van der Waals surface area contributed by atoms with Crippen molar-refractivity contribution in [3.8, 4) is 11.4 Å². The highest BCUT2D eigenvalue weighted by Gasteiger charge is 2.38. The average molecular weight is 287 g/mol. The Morgan fingerprint density at radius 3 is 2.45 bits per heavy atom. The molecule has 1 heterocycles. The summed E-state index contributed by atoms with van der Waals surface area (Å²) < 4.78 is 41.0. The maximum absolute atomic E-state index is 12.3. The summed E-state index contributed by atoms with van der Waals surface area (Å²) in [5.41, 5.74) is 0.985. The number of halogens is 3. The Hall–Kier alpha value is -2.58. The molecule has 106 valence electrons. The molecule has 0 radical (unpaired) electrons. The molecule has 0 aliphatic carbocycles. The van der Waals surface area contributed by atoms with Crippen molar-refractivity contribution in [2.45, 2.75) is 12.7 Å². The highest BCUT2D eigenvalue weighted by atomic mass is 19.4. The van der Waals surface area contributed by atoms with E-state index >= 15 is 0 Å². The van der Waals surface area contributed by atoms with Gasteiger partial charge in [-0.3, -0.25) is 0 Å². The summed E-state index contributed by atoms with van der Waals surface area (Å²) in [6, 6.07) is 6.05. The molecular weight excluding hydrogens is 279 g/mol. The number of hydrogen-bond donors (Lipinski definition) is 2. The number of hydrogen-bond acceptors (Lipinski definition) is 4. The number of rotatable bonds is 3. The first kappa shape index (κ1) is 13.8. The molecule has 1 aromatic heterocycles. The van der Waals surface area contributed by atoms with Gasteiger partial charge in [0.15, 0.2) is 0 Å². The van der Waals surface area contributed by atoms with Crippen molar-refractivity contribution in [2.24, 2.45) is 0 Å². The van der Waals surface area contributed by atoms with Crippen LogP contribution in [0.1, 0.15) is 11.5 Å². The van der Waals surface area contributed by atoms with Gasteiger partial charge in [0, 0.05) is 12.1 Å². The molecule has 0 aliphatic rings. The monoisotopic (exact) mass is 287 g/mol. The molecule has 0 saturated heterocycles. The third-order valence-electron chi connectivity index (χ3n) is 2.32. The number of carboxylic acid groups (broad SMARTS) is 1. The van der Waals surface area contributed by atoms with Crippen LogP contribution in [0.2, 0.25) is 0 Å². The summed E-state index contributed by atoms with van der Waals surface area (Å²) in [5, 5.41) is 13.8. The Labute approximate surface area is 110 Å². The summed E-state index contributed by atoms with van der Waals surface area (Å²) in [6.45, 7) is 0.0929. The zero-order chi connectivity index (χ0) is 14.8. The summed E-state index contributed by atoms with van der Waals surface area (Å²) in [7, 11) is 0. The molecule has 20 heavy (non-hydrogen) atoms. The van der Waals surface area contributed by atoms with Crippen LogP contribution in [0.5, 0.6) is 0 Å². The summed E-state index contributed by atoms with van der Waals surface area (Å²) in [4.78, 5) is 13.6. The summed E-state index contributed by atoms with van der Waals surface area (Å²) in [5.74, 6) is -1.60. The first-order valence-corrected chi connectivity index (χ1v) is 5.33. The van der Waals surface area contributed by atoms with Crippen LogP contribution in [0.15, 0.2) is 28.8 Å². The van der Waals surface area contributed by atoms with Crippen LogP contribution in [0.3, 0.4) is 0 Å². The maximum atomic E-state index is 12.3. The minimum atomic E-state index is -4.68. The van der Waals surface area contributed by atoms with E-state index in [1.54, 1.807) is 12.1 Å². The van der Waals surface area contributed by atoms with E-state index in [0.29, 0.717) is 11.1 Å². The number of alkyl halides is 3. The first-order chi connectivity index (χ1) is 9.36. The van der Waals surface area contributed by atoms with E-state index in [9.17, 15) is 18.0 Å². The molecule has 2 aromatic rings. The average Bonchev–Trinajstić information content (AvgIpc) is 2.86. The third kappa shape index (κ3) is 3.25. The first-order valence-electron chi connectivity index (χ1n) is 5.33. The zero-order valence-corrected chi connectivity index (χ0v) is 9.81. The minimum absolute atomic E-state index is 0.0929. The predicted molar refractivity (Wildman–Crippen MR) is 59.6 cm³/mol. The molecule has 1 amide bonds. The molecule has 0 unspecified atom stereocenters. The molecule has 2 rings (SSSR count). The van der Waals surface area contributed by atoms with Gasteiger partial charge < -0.3 is 14.9 Å². The van der Waals surface area contributed by atoms with Gasteiger partial charge in [0.2, 0.25) is 5.82 Å². The van der Waals surface area contributed by atoms with Crippen molar-refractivity contribution in [1.82, 2.24) is 15.5 Å². The molecule has 0 bridgehead atoms. The maximum Gasteiger partial charge on any atom is 0.471 e. The van der Waals surface area contributed by atoms with Gasteiger partial charge in [0.05, 0.1) is 0 Å². The van der Waals surface area contributed by atoms with E-state index in [2.05, 4.69) is 20.0 Å². The fraction of sp³-hybridized carbons (Fsp3) is 0.182. The van der Waals surface area contributed by atoms with Crippen LogP contribution in [-0.4, -0.2) is 21.3 Å². The molecule has 0 spiro atoms. The third-order valence-corrected chi connectivity index (χ3v) is 2.32. The van der Waals surface area contributed by atoms with Crippen LogP contribution >= 0.6 is 0 Å². The lowest BCUT2D eigenvalue weighted by molar-refractivity contribution is -0.159. The number of aromatic nitrogens is 2. The highest BCUT2D eigenvalue weighted by molar-refractivity contribution is 5.64. The van der Waals surface area contributed by atoms with E-state index in [1.165, 1.54) is 12.1 Å². The Kier molecular flexibility index (Phi) is 3.59. The SMILES string of the molecule is O=C(O)NCc1ccc(-c2noc(C(F)(F)F)n2)cc1. The van der Waals surface area contributed by atoms with Crippen LogP contribution in [-0.2, 0) is 12.7 Å². The largest absolute Gasteiger partial charge is 0.471 e. The molecule has 0 atom stereocenters. The lowest BCUT2D eigenvalue weighted by Gasteiger charge is -2.01. The fourth-order valence-corrected chi connectivity index (χ4v) is 1.41. The fourth-order valence-electron chi connectivity index (χ4n) is 1.41. The number of nitrogens with zero attached hydrogens (tertiary/aromatic N) is 2. The second-order valence-corrected chi connectivity index (χ2v) is 3.78. The van der Waals surface area contributed by atoms with Gasteiger partial charge in [0.1, 0.15) is 0 Å². The van der Waals surface area contributed by atoms with E-state index in [1.807, 2.05) is 0 Å². The molecule has 2 N–H and O–H groups in total. The van der Waals surface area contributed by atoms with Crippen molar-refractivity contribution in [3.05, 3.63) is 35.7 Å². The van der Waals surface area contributed by atoms with E-state index in [4.69, 9.17) is 5.11 Å². The van der Waals surface area contributed by atoms with Gasteiger partial charge in [-0.15, -0.1) is 0 Å². The Balaban J connectivity index is 2.14. The van der Waals surface area contributed by atoms with E-state index in [0.717, 1.165) is 0 Å². The Morgan fingerprint density at radius 2 is 1.95 bits per heavy atom. The van der Waals surface area contributed by atoms with Crippen molar-refractivity contribution in [2.75, 3.05) is 0 Å². The number of nitrogens with one attached hydrogen (secondary N) is 1. The lowest BCUT2D eigenvalue weighted by Crippen LogP contribution is -2.19. The minimum Gasteiger partial charge on any atom is -0.465 e. The van der Waals surface area contributed by atoms with Crippen molar-refractivity contribution in [3.63, 3.8) is 0 Å². The Morgan fingerprint density at radius 1 is 1.30 bits per heavy atom. The number of amides is 1. The van der Waals surface area contributed by atoms with E-state index < -0.39 is 18.2 Å². The smallest absolute Gasteiger partial charge is 0.465 e. The predicted octanol–water partition coefficient (Wildman–Crippen LogP) is 2.52. The van der Waals surface area contributed by atoms with Gasteiger partial charge in [-0.1, -0.05) is 29.4 Å². The topological polar surface area (TPSA) is 88.2 Å². The summed E-state index contributed by atoms with van der Waals surface area (Å²) in [6.07, 6.45) is -5.85. The Bertz CT molecular complexity index is 607. The van der Waals surface area contributed by atoms with Gasteiger partial charge in [-0.05, 0) is 5.56 Å². The van der Waals surface area contributed by atoms with Crippen LogP contribution < -0.4 is 5.32 Å². The van der Waals surface area contributed by atoms with E-state index in [-0.39, 0.29) is 12.4 Å². The molecule has 6 nitrogen and oxygen atoms in total. The van der Waals surface area contributed by atoms with Crippen LogP contribution in [0, 0.1) is 0 Å². The van der Waals surface area contributed by atoms with Gasteiger partial charge >= 0.3 is 18.2 Å². The second kappa shape index (κ2) is 5.19.